The van der Waals surface area contributed by atoms with Gasteiger partial charge in [0, 0.05) is 38.0 Å². The number of rotatable bonds is 6. The lowest BCUT2D eigenvalue weighted by Gasteiger charge is -2.07. The Labute approximate surface area is 128 Å². The van der Waals surface area contributed by atoms with E-state index < -0.39 is 0 Å². The van der Waals surface area contributed by atoms with E-state index in [1.807, 2.05) is 39.6 Å². The summed E-state index contributed by atoms with van der Waals surface area (Å²) in [5.74, 6) is 1.71. The zero-order chi connectivity index (χ0) is 15.4. The molecule has 0 aliphatic heterocycles. The van der Waals surface area contributed by atoms with Gasteiger partial charge in [-0.15, -0.1) is 10.2 Å². The van der Waals surface area contributed by atoms with Gasteiger partial charge in [0.05, 0.1) is 6.54 Å². The molecule has 0 radical (unpaired) electrons. The maximum absolute atomic E-state index is 12.0. The van der Waals surface area contributed by atoms with Crippen LogP contribution in [0.4, 0.5) is 0 Å². The summed E-state index contributed by atoms with van der Waals surface area (Å²) in [6.45, 7) is 3.06. The van der Waals surface area contributed by atoms with Crippen LogP contribution in [-0.2, 0) is 24.3 Å². The van der Waals surface area contributed by atoms with Crippen LogP contribution < -0.4 is 5.32 Å². The number of hydrogen-bond donors (Lipinski definition) is 1. The number of nitrogens with one attached hydrogen (secondary N) is 1. The van der Waals surface area contributed by atoms with Crippen molar-refractivity contribution in [1.82, 2.24) is 29.5 Å². The summed E-state index contributed by atoms with van der Waals surface area (Å²) >= 11 is 0. The molecule has 0 bridgehead atoms. The standard InChI is InChI=1S/C15H18N6O/c1-2-12-16-7-10-20(12)9-6-15(22)17-11-14-19-18-13-5-3-4-8-21(13)14/h3-5,7-8,10H,2,6,9,11H2,1H3,(H,17,22). The fourth-order valence-electron chi connectivity index (χ4n) is 2.36. The molecule has 0 spiro atoms. The van der Waals surface area contributed by atoms with Gasteiger partial charge < -0.3 is 9.88 Å². The topological polar surface area (TPSA) is 77.1 Å². The maximum Gasteiger partial charge on any atom is 0.222 e. The van der Waals surface area contributed by atoms with Crippen molar-refractivity contribution in [3.05, 3.63) is 48.4 Å². The number of carbonyl (C=O) groups excluding carboxylic acids is 1. The Balaban J connectivity index is 1.54. The third-order valence-corrected chi connectivity index (χ3v) is 3.53. The summed E-state index contributed by atoms with van der Waals surface area (Å²) in [4.78, 5) is 16.2. The number of nitrogens with zero attached hydrogens (tertiary/aromatic N) is 5. The molecule has 7 nitrogen and oxygen atoms in total. The van der Waals surface area contributed by atoms with Crippen LogP contribution in [0.25, 0.3) is 5.65 Å². The monoisotopic (exact) mass is 298 g/mol. The Kier molecular flexibility index (Phi) is 4.13. The number of carbonyl (C=O) groups is 1. The number of amides is 1. The van der Waals surface area contributed by atoms with E-state index in [9.17, 15) is 4.79 Å². The molecule has 0 fully saturated rings. The first-order valence-electron chi connectivity index (χ1n) is 7.33. The van der Waals surface area contributed by atoms with Gasteiger partial charge in [-0.1, -0.05) is 13.0 Å². The Morgan fingerprint density at radius 3 is 3.00 bits per heavy atom. The van der Waals surface area contributed by atoms with Gasteiger partial charge in [-0.3, -0.25) is 9.20 Å². The van der Waals surface area contributed by atoms with Crippen molar-refractivity contribution in [2.45, 2.75) is 32.9 Å². The highest BCUT2D eigenvalue weighted by Gasteiger charge is 2.08. The first-order valence-corrected chi connectivity index (χ1v) is 7.33. The van der Waals surface area contributed by atoms with Crippen molar-refractivity contribution in [2.75, 3.05) is 0 Å². The van der Waals surface area contributed by atoms with Crippen molar-refractivity contribution in [2.24, 2.45) is 0 Å². The first kappa shape index (κ1) is 14.2. The quantitative estimate of drug-likeness (QED) is 0.741. The molecule has 1 N–H and O–H groups in total. The minimum absolute atomic E-state index is 0.0107. The van der Waals surface area contributed by atoms with Crippen molar-refractivity contribution < 1.29 is 4.79 Å². The van der Waals surface area contributed by atoms with Crippen LogP contribution in [0.3, 0.4) is 0 Å². The van der Waals surface area contributed by atoms with Crippen molar-refractivity contribution in [1.29, 1.82) is 0 Å². The van der Waals surface area contributed by atoms with E-state index in [1.165, 1.54) is 0 Å². The average molecular weight is 298 g/mol. The highest BCUT2D eigenvalue weighted by molar-refractivity contribution is 5.75. The molecule has 114 valence electrons. The number of hydrogen-bond acceptors (Lipinski definition) is 4. The molecule has 22 heavy (non-hydrogen) atoms. The lowest BCUT2D eigenvalue weighted by molar-refractivity contribution is -0.121. The number of aromatic nitrogens is 5. The lowest BCUT2D eigenvalue weighted by atomic mass is 10.3. The Morgan fingerprint density at radius 2 is 2.14 bits per heavy atom. The number of aryl methyl sites for hydroxylation is 2. The van der Waals surface area contributed by atoms with E-state index in [0.29, 0.717) is 19.5 Å². The van der Waals surface area contributed by atoms with Gasteiger partial charge in [-0.2, -0.15) is 0 Å². The molecule has 0 unspecified atom stereocenters. The minimum atomic E-state index is -0.0107. The average Bonchev–Trinajstić information content (AvgIpc) is 3.17. The summed E-state index contributed by atoms with van der Waals surface area (Å²) in [5.41, 5.74) is 0.776. The van der Waals surface area contributed by atoms with Gasteiger partial charge in [0.25, 0.3) is 0 Å². The van der Waals surface area contributed by atoms with E-state index in [4.69, 9.17) is 0 Å². The molecule has 0 aliphatic rings. The molecule has 7 heteroatoms. The van der Waals surface area contributed by atoms with Crippen LogP contribution in [0, 0.1) is 0 Å². The lowest BCUT2D eigenvalue weighted by Crippen LogP contribution is -2.25. The molecule has 0 saturated heterocycles. The summed E-state index contributed by atoms with van der Waals surface area (Å²) in [6, 6.07) is 5.69. The van der Waals surface area contributed by atoms with Gasteiger partial charge in [-0.25, -0.2) is 4.98 Å². The second kappa shape index (κ2) is 6.38. The molecule has 0 aromatic carbocycles. The minimum Gasteiger partial charge on any atom is -0.349 e. The summed E-state index contributed by atoms with van der Waals surface area (Å²) < 4.78 is 3.87. The highest BCUT2D eigenvalue weighted by atomic mass is 16.1. The van der Waals surface area contributed by atoms with Crippen LogP contribution in [0.15, 0.2) is 36.8 Å². The highest BCUT2D eigenvalue weighted by Crippen LogP contribution is 2.03. The van der Waals surface area contributed by atoms with Crippen LogP contribution in [-0.4, -0.2) is 30.1 Å². The number of imidazole rings is 1. The molecule has 3 aromatic rings. The SMILES string of the molecule is CCc1nccn1CCC(=O)NCc1nnc2ccccn12. The largest absolute Gasteiger partial charge is 0.349 e. The van der Waals surface area contributed by atoms with Gasteiger partial charge in [0.2, 0.25) is 5.91 Å². The fraction of sp³-hybridized carbons (Fsp3) is 0.333. The Hall–Kier alpha value is -2.70. The molecular weight excluding hydrogens is 280 g/mol. The molecule has 0 saturated carbocycles. The smallest absolute Gasteiger partial charge is 0.222 e. The van der Waals surface area contributed by atoms with Crippen molar-refractivity contribution >= 4 is 11.6 Å². The van der Waals surface area contributed by atoms with Crippen LogP contribution in [0.2, 0.25) is 0 Å². The van der Waals surface area contributed by atoms with E-state index >= 15 is 0 Å². The first-order chi connectivity index (χ1) is 10.8. The summed E-state index contributed by atoms with van der Waals surface area (Å²) in [7, 11) is 0. The van der Waals surface area contributed by atoms with Crippen molar-refractivity contribution in [3.8, 4) is 0 Å². The molecule has 3 aromatic heterocycles. The van der Waals surface area contributed by atoms with E-state index in [1.54, 1.807) is 6.20 Å². The molecular formula is C15H18N6O. The zero-order valence-corrected chi connectivity index (χ0v) is 12.4. The predicted molar refractivity (Wildman–Crippen MR) is 81.1 cm³/mol. The molecule has 3 rings (SSSR count). The van der Waals surface area contributed by atoms with Crippen LogP contribution in [0.1, 0.15) is 25.0 Å². The summed E-state index contributed by atoms with van der Waals surface area (Å²) in [6.07, 6.45) is 6.83. The molecule has 0 aliphatic carbocycles. The van der Waals surface area contributed by atoms with Gasteiger partial charge in [0.15, 0.2) is 11.5 Å². The Morgan fingerprint density at radius 1 is 1.23 bits per heavy atom. The molecule has 3 heterocycles. The third-order valence-electron chi connectivity index (χ3n) is 3.53. The molecule has 1 amide bonds. The van der Waals surface area contributed by atoms with Crippen LogP contribution in [0.5, 0.6) is 0 Å². The predicted octanol–water partition coefficient (Wildman–Crippen LogP) is 1.19. The normalized spacial score (nSPS) is 11.0. The summed E-state index contributed by atoms with van der Waals surface area (Å²) in [5, 5.41) is 11.0. The van der Waals surface area contributed by atoms with Crippen LogP contribution >= 0.6 is 0 Å². The molecule has 0 atom stereocenters. The fourth-order valence-corrected chi connectivity index (χ4v) is 2.36. The van der Waals surface area contributed by atoms with Crippen molar-refractivity contribution in [3.63, 3.8) is 0 Å². The van der Waals surface area contributed by atoms with Gasteiger partial charge >= 0.3 is 0 Å². The number of fused-ring (bicyclic) bond motifs is 1. The van der Waals surface area contributed by atoms with Gasteiger partial charge in [-0.05, 0) is 12.1 Å². The van der Waals surface area contributed by atoms with E-state index in [-0.39, 0.29) is 5.91 Å². The number of pyridine rings is 1. The third kappa shape index (κ3) is 2.98. The zero-order valence-electron chi connectivity index (χ0n) is 12.4. The Bertz CT molecular complexity index is 775. The van der Waals surface area contributed by atoms with E-state index in [0.717, 1.165) is 23.7 Å². The second-order valence-electron chi connectivity index (χ2n) is 4.96. The van der Waals surface area contributed by atoms with Gasteiger partial charge in [0.1, 0.15) is 5.82 Å². The maximum atomic E-state index is 12.0. The second-order valence-corrected chi connectivity index (χ2v) is 4.96. The van der Waals surface area contributed by atoms with E-state index in [2.05, 4.69) is 27.4 Å².